The number of hydrogen-bond donors (Lipinski definition) is 0. The van der Waals surface area contributed by atoms with Crippen LogP contribution in [0.2, 0.25) is 0 Å². The molecule has 0 aromatic heterocycles. The van der Waals surface area contributed by atoms with Crippen LogP contribution in [0.4, 0.5) is 0 Å². The van der Waals surface area contributed by atoms with E-state index in [2.05, 4.69) is 0 Å². The molecule has 0 heterocycles. The number of rotatable bonds is 7. The molecule has 2 aromatic rings. The lowest BCUT2D eigenvalue weighted by atomic mass is 10.2. The van der Waals surface area contributed by atoms with Gasteiger partial charge in [0.25, 0.3) is 0 Å². The van der Waals surface area contributed by atoms with E-state index in [1.165, 1.54) is 25.3 Å². The maximum absolute atomic E-state index is 12.5. The van der Waals surface area contributed by atoms with Crippen molar-refractivity contribution < 1.29 is 26.9 Å². The smallest absolute Gasteiger partial charge is 0.342 e. The molecule has 0 N–H and O–H groups in total. The van der Waals surface area contributed by atoms with Crippen LogP contribution in [-0.4, -0.2) is 27.9 Å². The van der Waals surface area contributed by atoms with Crippen LogP contribution in [0.1, 0.15) is 12.5 Å². The molecule has 0 aliphatic carbocycles. The summed E-state index contributed by atoms with van der Waals surface area (Å²) in [6.07, 6.45) is -0.000447. The molecule has 2 rings (SSSR count). The number of methoxy groups -OCH3 is 1. The number of aldehydes is 1. The van der Waals surface area contributed by atoms with Crippen LogP contribution in [0, 0.1) is 6.92 Å². The lowest BCUT2D eigenvalue weighted by Gasteiger charge is -2.13. The van der Waals surface area contributed by atoms with Gasteiger partial charge in [-0.25, -0.2) is 0 Å². The molecule has 0 fully saturated rings. The van der Waals surface area contributed by atoms with Gasteiger partial charge in [-0.15, -0.1) is 0 Å². The highest BCUT2D eigenvalue weighted by atomic mass is 32.2. The Morgan fingerprint density at radius 1 is 1.08 bits per heavy atom. The Labute approximate surface area is 141 Å². The molecule has 7 heteroatoms. The zero-order valence-corrected chi connectivity index (χ0v) is 14.4. The van der Waals surface area contributed by atoms with Crippen molar-refractivity contribution in [3.8, 4) is 17.2 Å². The predicted molar refractivity (Wildman–Crippen MR) is 88.1 cm³/mol. The molecule has 1 unspecified atom stereocenters. The Balaban J connectivity index is 2.34. The number of para-hydroxylation sites is 1. The van der Waals surface area contributed by atoms with Crippen molar-refractivity contribution in [3.05, 3.63) is 48.0 Å². The summed E-state index contributed by atoms with van der Waals surface area (Å²) in [7, 11) is -2.69. The van der Waals surface area contributed by atoms with E-state index in [1.807, 2.05) is 0 Å². The second-order valence-electron chi connectivity index (χ2n) is 5.13. The van der Waals surface area contributed by atoms with Gasteiger partial charge in [0.2, 0.25) is 0 Å². The Morgan fingerprint density at radius 3 is 2.42 bits per heavy atom. The van der Waals surface area contributed by atoms with E-state index in [1.54, 1.807) is 38.1 Å². The quantitative estimate of drug-likeness (QED) is 0.564. The number of hydrogen-bond acceptors (Lipinski definition) is 6. The van der Waals surface area contributed by atoms with Crippen molar-refractivity contribution in [2.24, 2.45) is 0 Å². The van der Waals surface area contributed by atoms with Crippen LogP contribution in [0.15, 0.2) is 47.4 Å². The molecule has 0 saturated heterocycles. The van der Waals surface area contributed by atoms with Gasteiger partial charge in [-0.1, -0.05) is 12.1 Å². The maximum atomic E-state index is 12.5. The fourth-order valence-electron chi connectivity index (χ4n) is 2.07. The third-order valence-electron chi connectivity index (χ3n) is 3.08. The summed E-state index contributed by atoms with van der Waals surface area (Å²) in [5.41, 5.74) is 0.732. The number of ether oxygens (including phenoxy) is 2. The van der Waals surface area contributed by atoms with Gasteiger partial charge in [0.15, 0.2) is 12.4 Å². The van der Waals surface area contributed by atoms with Crippen molar-refractivity contribution in [1.29, 1.82) is 0 Å². The zero-order valence-electron chi connectivity index (χ0n) is 13.6. The minimum Gasteiger partial charge on any atom is -0.495 e. The second kappa shape index (κ2) is 7.35. The van der Waals surface area contributed by atoms with Gasteiger partial charge in [0, 0.05) is 6.07 Å². The lowest BCUT2D eigenvalue weighted by molar-refractivity contribution is -0.113. The highest BCUT2D eigenvalue weighted by molar-refractivity contribution is 7.87. The Morgan fingerprint density at radius 2 is 1.75 bits per heavy atom. The normalized spacial score (nSPS) is 12.3. The molecular weight excluding hydrogens is 332 g/mol. The van der Waals surface area contributed by atoms with Gasteiger partial charge >= 0.3 is 10.1 Å². The molecule has 0 aliphatic rings. The topological polar surface area (TPSA) is 78.9 Å². The SMILES string of the molecule is COc1ccccc1S(=O)(=O)Oc1cc(C)cc(OC(C)C=O)c1. The first-order valence-corrected chi connectivity index (χ1v) is 8.57. The summed E-state index contributed by atoms with van der Waals surface area (Å²) in [6, 6.07) is 10.8. The van der Waals surface area contributed by atoms with Gasteiger partial charge in [-0.05, 0) is 43.7 Å². The van der Waals surface area contributed by atoms with Gasteiger partial charge in [-0.3, -0.25) is 4.79 Å². The summed E-state index contributed by atoms with van der Waals surface area (Å²) in [4.78, 5) is 10.6. The van der Waals surface area contributed by atoms with E-state index in [0.29, 0.717) is 12.0 Å². The standard InChI is InChI=1S/C17H18O6S/c1-12-8-14(22-13(2)11-18)10-15(9-12)23-24(19,20)17-7-5-4-6-16(17)21-3/h4-11,13H,1-3H3. The van der Waals surface area contributed by atoms with Gasteiger partial charge in [-0.2, -0.15) is 8.42 Å². The molecule has 0 bridgehead atoms. The number of aryl methyl sites for hydroxylation is 1. The minimum atomic E-state index is -4.07. The largest absolute Gasteiger partial charge is 0.495 e. The van der Waals surface area contributed by atoms with Crippen molar-refractivity contribution in [2.45, 2.75) is 24.8 Å². The third-order valence-corrected chi connectivity index (χ3v) is 4.37. The van der Waals surface area contributed by atoms with E-state index in [0.717, 1.165) is 5.56 Å². The van der Waals surface area contributed by atoms with E-state index >= 15 is 0 Å². The number of carbonyl (C=O) groups excluding carboxylic acids is 1. The summed E-state index contributed by atoms with van der Waals surface area (Å²) in [5, 5.41) is 0. The number of carbonyl (C=O) groups is 1. The Kier molecular flexibility index (Phi) is 5.46. The fraction of sp³-hybridized carbons (Fsp3) is 0.235. The molecule has 2 aromatic carbocycles. The van der Waals surface area contributed by atoms with Crippen LogP contribution in [0.25, 0.3) is 0 Å². The van der Waals surface area contributed by atoms with Gasteiger partial charge < -0.3 is 13.7 Å². The molecule has 0 amide bonds. The molecule has 0 radical (unpaired) electrons. The maximum Gasteiger partial charge on any atom is 0.342 e. The van der Waals surface area contributed by atoms with Crippen LogP contribution >= 0.6 is 0 Å². The summed E-state index contributed by atoms with van der Waals surface area (Å²) in [6.45, 7) is 3.35. The first-order valence-electron chi connectivity index (χ1n) is 7.17. The summed E-state index contributed by atoms with van der Waals surface area (Å²) in [5.74, 6) is 0.630. The first kappa shape index (κ1) is 17.8. The molecule has 0 saturated carbocycles. The predicted octanol–water partition coefficient (Wildman–Crippen LogP) is 2.74. The lowest BCUT2D eigenvalue weighted by Crippen LogP contribution is -2.14. The highest BCUT2D eigenvalue weighted by Crippen LogP contribution is 2.29. The van der Waals surface area contributed by atoms with E-state index in [4.69, 9.17) is 13.7 Å². The van der Waals surface area contributed by atoms with Gasteiger partial charge in [0.1, 0.15) is 22.1 Å². The highest BCUT2D eigenvalue weighted by Gasteiger charge is 2.22. The van der Waals surface area contributed by atoms with E-state index in [9.17, 15) is 13.2 Å². The van der Waals surface area contributed by atoms with Crippen LogP contribution in [0.3, 0.4) is 0 Å². The Bertz CT molecular complexity index is 829. The molecule has 0 aliphatic heterocycles. The second-order valence-corrected chi connectivity index (χ2v) is 6.64. The molecule has 128 valence electrons. The first-order chi connectivity index (χ1) is 11.4. The Hall–Kier alpha value is -2.54. The molecule has 6 nitrogen and oxygen atoms in total. The number of benzene rings is 2. The van der Waals surface area contributed by atoms with Crippen molar-refractivity contribution in [2.75, 3.05) is 7.11 Å². The van der Waals surface area contributed by atoms with Crippen LogP contribution < -0.4 is 13.7 Å². The van der Waals surface area contributed by atoms with E-state index in [-0.39, 0.29) is 16.4 Å². The van der Waals surface area contributed by atoms with Crippen molar-refractivity contribution >= 4 is 16.4 Å². The van der Waals surface area contributed by atoms with Crippen LogP contribution in [0.5, 0.6) is 17.2 Å². The fourth-order valence-corrected chi connectivity index (χ4v) is 3.15. The van der Waals surface area contributed by atoms with Crippen LogP contribution in [-0.2, 0) is 14.9 Å². The third kappa shape index (κ3) is 4.26. The van der Waals surface area contributed by atoms with E-state index < -0.39 is 16.2 Å². The average Bonchev–Trinajstić information content (AvgIpc) is 2.53. The summed E-state index contributed by atoms with van der Waals surface area (Å²) >= 11 is 0. The minimum absolute atomic E-state index is 0.0715. The molecule has 24 heavy (non-hydrogen) atoms. The van der Waals surface area contributed by atoms with Gasteiger partial charge in [0.05, 0.1) is 7.11 Å². The van der Waals surface area contributed by atoms with Crippen molar-refractivity contribution in [3.63, 3.8) is 0 Å². The molecule has 1 atom stereocenters. The monoisotopic (exact) mass is 350 g/mol. The average molecular weight is 350 g/mol. The zero-order chi connectivity index (χ0) is 17.7. The summed E-state index contributed by atoms with van der Waals surface area (Å²) < 4.78 is 40.6. The molecule has 0 spiro atoms. The van der Waals surface area contributed by atoms with Crippen molar-refractivity contribution in [1.82, 2.24) is 0 Å². The molecular formula is C17H18O6S.